The van der Waals surface area contributed by atoms with E-state index in [1.807, 2.05) is 31.2 Å². The van der Waals surface area contributed by atoms with Gasteiger partial charge in [0, 0.05) is 6.08 Å². The van der Waals surface area contributed by atoms with Crippen molar-refractivity contribution in [3.05, 3.63) is 48.1 Å². The average Bonchev–Trinajstić information content (AvgIpc) is 2.35. The van der Waals surface area contributed by atoms with E-state index in [0.29, 0.717) is 13.2 Å². The molecule has 18 heavy (non-hydrogen) atoms. The van der Waals surface area contributed by atoms with Gasteiger partial charge in [-0.25, -0.2) is 4.79 Å². The molecule has 1 aromatic carbocycles. The second-order valence-electron chi connectivity index (χ2n) is 3.90. The topological polar surface area (TPSA) is 35.5 Å². The predicted octanol–water partition coefficient (Wildman–Crippen LogP) is 3.22. The standard InChI is InChI=1S/C15H18O3/c1-4-17-15(16)10-7-13-5-8-14(9-6-13)18-11-12(2)3/h5-10H,2,4,11H2,1,3H3. The summed E-state index contributed by atoms with van der Waals surface area (Å²) in [4.78, 5) is 11.1. The molecule has 1 rings (SSSR count). The molecule has 0 unspecified atom stereocenters. The lowest BCUT2D eigenvalue weighted by molar-refractivity contribution is -0.137. The second-order valence-corrected chi connectivity index (χ2v) is 3.90. The molecule has 0 heterocycles. The van der Waals surface area contributed by atoms with E-state index in [4.69, 9.17) is 9.47 Å². The largest absolute Gasteiger partial charge is 0.489 e. The lowest BCUT2D eigenvalue weighted by Crippen LogP contribution is -1.98. The number of carbonyl (C=O) groups is 1. The molecule has 0 atom stereocenters. The maximum absolute atomic E-state index is 11.1. The summed E-state index contributed by atoms with van der Waals surface area (Å²) in [6, 6.07) is 7.47. The molecule has 0 N–H and O–H groups in total. The third-order valence-corrected chi connectivity index (χ3v) is 2.06. The summed E-state index contributed by atoms with van der Waals surface area (Å²) in [5, 5.41) is 0. The molecule has 0 aliphatic carbocycles. The highest BCUT2D eigenvalue weighted by molar-refractivity contribution is 5.87. The molecule has 0 saturated heterocycles. The van der Waals surface area contributed by atoms with Gasteiger partial charge in [0.25, 0.3) is 0 Å². The van der Waals surface area contributed by atoms with Crippen LogP contribution in [0, 0.1) is 0 Å². The van der Waals surface area contributed by atoms with Crippen LogP contribution in [-0.2, 0) is 9.53 Å². The minimum atomic E-state index is -0.333. The highest BCUT2D eigenvalue weighted by atomic mass is 16.5. The molecule has 0 aliphatic heterocycles. The van der Waals surface area contributed by atoms with Crippen LogP contribution in [0.4, 0.5) is 0 Å². The van der Waals surface area contributed by atoms with Crippen LogP contribution in [0.1, 0.15) is 19.4 Å². The Morgan fingerprint density at radius 1 is 1.33 bits per heavy atom. The van der Waals surface area contributed by atoms with Crippen molar-refractivity contribution in [3.8, 4) is 5.75 Å². The van der Waals surface area contributed by atoms with Crippen LogP contribution in [0.5, 0.6) is 5.75 Å². The number of esters is 1. The van der Waals surface area contributed by atoms with E-state index < -0.39 is 0 Å². The summed E-state index contributed by atoms with van der Waals surface area (Å²) in [5.74, 6) is 0.450. The van der Waals surface area contributed by atoms with Gasteiger partial charge >= 0.3 is 5.97 Å². The monoisotopic (exact) mass is 246 g/mol. The molecule has 1 aromatic rings. The summed E-state index contributed by atoms with van der Waals surface area (Å²) in [6.07, 6.45) is 3.12. The van der Waals surface area contributed by atoms with E-state index in [1.165, 1.54) is 6.08 Å². The maximum atomic E-state index is 11.1. The number of benzene rings is 1. The molecule has 0 radical (unpaired) electrons. The molecule has 0 spiro atoms. The third kappa shape index (κ3) is 5.34. The predicted molar refractivity (Wildman–Crippen MR) is 72.4 cm³/mol. The highest BCUT2D eigenvalue weighted by Crippen LogP contribution is 2.13. The fraction of sp³-hybridized carbons (Fsp3) is 0.267. The molecule has 0 fully saturated rings. The normalized spacial score (nSPS) is 10.3. The number of ether oxygens (including phenoxy) is 2. The Labute approximate surface area is 108 Å². The SMILES string of the molecule is C=C(C)COc1ccc(C=CC(=O)OCC)cc1. The Morgan fingerprint density at radius 2 is 2.00 bits per heavy atom. The van der Waals surface area contributed by atoms with Crippen LogP contribution in [0.25, 0.3) is 6.08 Å². The zero-order valence-electron chi connectivity index (χ0n) is 10.8. The molecule has 0 saturated carbocycles. The Balaban J connectivity index is 2.54. The van der Waals surface area contributed by atoms with Crippen molar-refractivity contribution < 1.29 is 14.3 Å². The smallest absolute Gasteiger partial charge is 0.330 e. The van der Waals surface area contributed by atoms with Gasteiger partial charge in [-0.2, -0.15) is 0 Å². The fourth-order valence-corrected chi connectivity index (χ4v) is 1.24. The van der Waals surface area contributed by atoms with Crippen LogP contribution in [0.2, 0.25) is 0 Å². The summed E-state index contributed by atoms with van der Waals surface area (Å²) < 4.78 is 10.3. The van der Waals surface area contributed by atoms with Crippen LogP contribution in [0.15, 0.2) is 42.5 Å². The van der Waals surface area contributed by atoms with E-state index in [1.54, 1.807) is 13.0 Å². The molecule has 3 nitrogen and oxygen atoms in total. The lowest BCUT2D eigenvalue weighted by Gasteiger charge is -2.05. The van der Waals surface area contributed by atoms with Crippen LogP contribution >= 0.6 is 0 Å². The Bertz CT molecular complexity index is 430. The maximum Gasteiger partial charge on any atom is 0.330 e. The minimum absolute atomic E-state index is 0.333. The van der Waals surface area contributed by atoms with Crippen molar-refractivity contribution in [1.82, 2.24) is 0 Å². The van der Waals surface area contributed by atoms with Gasteiger partial charge in [-0.1, -0.05) is 18.7 Å². The minimum Gasteiger partial charge on any atom is -0.489 e. The van der Waals surface area contributed by atoms with Gasteiger partial charge in [0.15, 0.2) is 0 Å². The molecular weight excluding hydrogens is 228 g/mol. The number of hydrogen-bond acceptors (Lipinski definition) is 3. The lowest BCUT2D eigenvalue weighted by atomic mass is 10.2. The van der Waals surface area contributed by atoms with Gasteiger partial charge in [0.1, 0.15) is 12.4 Å². The van der Waals surface area contributed by atoms with E-state index in [0.717, 1.165) is 16.9 Å². The van der Waals surface area contributed by atoms with Gasteiger partial charge in [-0.05, 0) is 43.2 Å². The summed E-state index contributed by atoms with van der Waals surface area (Å²) in [6.45, 7) is 8.35. The molecule has 0 aliphatic rings. The van der Waals surface area contributed by atoms with Crippen molar-refractivity contribution in [3.63, 3.8) is 0 Å². The first-order valence-corrected chi connectivity index (χ1v) is 5.84. The van der Waals surface area contributed by atoms with Crippen molar-refractivity contribution >= 4 is 12.0 Å². The number of carbonyl (C=O) groups excluding carboxylic acids is 1. The van der Waals surface area contributed by atoms with E-state index >= 15 is 0 Å². The Morgan fingerprint density at radius 3 is 2.56 bits per heavy atom. The molecule has 0 aromatic heterocycles. The molecule has 0 bridgehead atoms. The third-order valence-electron chi connectivity index (χ3n) is 2.06. The molecular formula is C15H18O3. The second kappa shape index (κ2) is 7.33. The highest BCUT2D eigenvalue weighted by Gasteiger charge is 1.96. The van der Waals surface area contributed by atoms with Crippen LogP contribution in [-0.4, -0.2) is 19.2 Å². The summed E-state index contributed by atoms with van der Waals surface area (Å²) in [7, 11) is 0. The van der Waals surface area contributed by atoms with E-state index in [9.17, 15) is 4.79 Å². The zero-order chi connectivity index (χ0) is 13.4. The van der Waals surface area contributed by atoms with E-state index in [-0.39, 0.29) is 5.97 Å². The fourth-order valence-electron chi connectivity index (χ4n) is 1.24. The van der Waals surface area contributed by atoms with Crippen molar-refractivity contribution in [1.29, 1.82) is 0 Å². The first-order chi connectivity index (χ1) is 8.61. The van der Waals surface area contributed by atoms with Crippen LogP contribution in [0.3, 0.4) is 0 Å². The average molecular weight is 246 g/mol. The van der Waals surface area contributed by atoms with Gasteiger partial charge in [-0.15, -0.1) is 0 Å². The summed E-state index contributed by atoms with van der Waals surface area (Å²) in [5.41, 5.74) is 1.90. The Hall–Kier alpha value is -2.03. The number of rotatable bonds is 6. The van der Waals surface area contributed by atoms with Gasteiger partial charge in [0.05, 0.1) is 6.61 Å². The van der Waals surface area contributed by atoms with Crippen molar-refractivity contribution in [2.45, 2.75) is 13.8 Å². The first kappa shape index (κ1) is 14.0. The van der Waals surface area contributed by atoms with E-state index in [2.05, 4.69) is 6.58 Å². The first-order valence-electron chi connectivity index (χ1n) is 5.84. The van der Waals surface area contributed by atoms with Crippen molar-refractivity contribution in [2.75, 3.05) is 13.2 Å². The quantitative estimate of drug-likeness (QED) is 0.439. The summed E-state index contributed by atoms with van der Waals surface area (Å²) >= 11 is 0. The molecule has 3 heteroatoms. The van der Waals surface area contributed by atoms with Gasteiger partial charge in [-0.3, -0.25) is 0 Å². The molecule has 96 valence electrons. The molecule has 0 amide bonds. The van der Waals surface area contributed by atoms with Crippen LogP contribution < -0.4 is 4.74 Å². The number of hydrogen-bond donors (Lipinski definition) is 0. The van der Waals surface area contributed by atoms with Gasteiger partial charge < -0.3 is 9.47 Å². The zero-order valence-corrected chi connectivity index (χ0v) is 10.8. The Kier molecular flexibility index (Phi) is 5.71. The van der Waals surface area contributed by atoms with Crippen molar-refractivity contribution in [2.24, 2.45) is 0 Å². The van der Waals surface area contributed by atoms with Gasteiger partial charge in [0.2, 0.25) is 0 Å².